The monoisotopic (exact) mass is 322 g/mol. The number of aryl methyl sites for hydroxylation is 1. The maximum atomic E-state index is 6.43. The molecule has 0 saturated carbocycles. The van der Waals surface area contributed by atoms with Crippen LogP contribution >= 0.6 is 11.6 Å². The third-order valence-electron chi connectivity index (χ3n) is 6.01. The van der Waals surface area contributed by atoms with Crippen molar-refractivity contribution in [1.82, 2.24) is 0 Å². The topological polar surface area (TPSA) is 18.5 Å². The molecule has 122 valence electrons. The van der Waals surface area contributed by atoms with Gasteiger partial charge in [-0.3, -0.25) is 0 Å². The average Bonchev–Trinajstić information content (AvgIpc) is 2.66. The van der Waals surface area contributed by atoms with Crippen LogP contribution in [0.4, 0.5) is 0 Å². The normalized spacial score (nSPS) is 30.3. The standard InChI is InChI=1S/C19H27ClO2/c1-6-19(16-21-17(2,3)18(4,5)22-16)11-7-8-13-12-14(20)9-10-15(13)19/h9-10,12,16H,6-8,11H2,1-5H3/t19-/m1/s1. The Morgan fingerprint density at radius 1 is 1.14 bits per heavy atom. The minimum absolute atomic E-state index is 0.0663. The number of hydrogen-bond donors (Lipinski definition) is 0. The van der Waals surface area contributed by atoms with Crippen LogP contribution in [-0.2, 0) is 21.3 Å². The summed E-state index contributed by atoms with van der Waals surface area (Å²) >= 11 is 6.20. The van der Waals surface area contributed by atoms with Crippen molar-refractivity contribution in [2.75, 3.05) is 0 Å². The Balaban J connectivity index is 2.05. The largest absolute Gasteiger partial charge is 0.343 e. The van der Waals surface area contributed by atoms with E-state index in [-0.39, 0.29) is 22.9 Å². The second kappa shape index (κ2) is 5.22. The molecule has 0 aromatic heterocycles. The molecule has 2 aliphatic rings. The van der Waals surface area contributed by atoms with Gasteiger partial charge < -0.3 is 9.47 Å². The van der Waals surface area contributed by atoms with Crippen LogP contribution in [0, 0.1) is 0 Å². The third-order valence-corrected chi connectivity index (χ3v) is 6.24. The summed E-state index contributed by atoms with van der Waals surface area (Å²) in [5.74, 6) is 0. The van der Waals surface area contributed by atoms with Gasteiger partial charge in [0.05, 0.1) is 11.2 Å². The molecule has 2 nitrogen and oxygen atoms in total. The molecule has 1 fully saturated rings. The Morgan fingerprint density at radius 2 is 1.77 bits per heavy atom. The lowest BCUT2D eigenvalue weighted by molar-refractivity contribution is -0.141. The maximum absolute atomic E-state index is 6.43. The number of hydrogen-bond acceptors (Lipinski definition) is 2. The minimum Gasteiger partial charge on any atom is -0.343 e. The second-order valence-corrected chi connectivity index (χ2v) is 8.19. The van der Waals surface area contributed by atoms with Crippen LogP contribution in [0.1, 0.15) is 65.0 Å². The SMILES string of the molecule is CC[C@@]1(C2OC(C)(C)C(C)(C)O2)CCCc2cc(Cl)ccc21. The van der Waals surface area contributed by atoms with E-state index in [0.717, 1.165) is 30.7 Å². The lowest BCUT2D eigenvalue weighted by Crippen LogP contribution is -2.43. The van der Waals surface area contributed by atoms with Gasteiger partial charge in [0.25, 0.3) is 0 Å². The Bertz CT molecular complexity index is 563. The van der Waals surface area contributed by atoms with Crippen LogP contribution in [0.25, 0.3) is 0 Å². The van der Waals surface area contributed by atoms with Crippen molar-refractivity contribution in [2.24, 2.45) is 0 Å². The number of ether oxygens (including phenoxy) is 2. The van der Waals surface area contributed by atoms with Crippen molar-refractivity contribution < 1.29 is 9.47 Å². The van der Waals surface area contributed by atoms with Gasteiger partial charge in [0.1, 0.15) is 0 Å². The smallest absolute Gasteiger partial charge is 0.168 e. The van der Waals surface area contributed by atoms with E-state index in [2.05, 4.69) is 46.8 Å². The molecule has 1 saturated heterocycles. The summed E-state index contributed by atoms with van der Waals surface area (Å²) in [5, 5.41) is 0.819. The van der Waals surface area contributed by atoms with Gasteiger partial charge in [-0.2, -0.15) is 0 Å². The zero-order valence-corrected chi connectivity index (χ0v) is 15.1. The van der Waals surface area contributed by atoms with Gasteiger partial charge in [-0.15, -0.1) is 0 Å². The van der Waals surface area contributed by atoms with Gasteiger partial charge in [0.15, 0.2) is 6.29 Å². The lowest BCUT2D eigenvalue weighted by atomic mass is 9.67. The van der Waals surface area contributed by atoms with Crippen molar-refractivity contribution in [2.45, 2.75) is 83.2 Å². The van der Waals surface area contributed by atoms with Crippen LogP contribution in [0.15, 0.2) is 18.2 Å². The van der Waals surface area contributed by atoms with Crippen LogP contribution in [-0.4, -0.2) is 17.5 Å². The first-order valence-corrected chi connectivity index (χ1v) is 8.74. The molecule has 0 unspecified atom stereocenters. The zero-order valence-electron chi connectivity index (χ0n) is 14.3. The second-order valence-electron chi connectivity index (χ2n) is 7.75. The fraction of sp³-hybridized carbons (Fsp3) is 0.684. The van der Waals surface area contributed by atoms with Gasteiger partial charge in [-0.1, -0.05) is 24.6 Å². The number of benzene rings is 1. The maximum Gasteiger partial charge on any atom is 0.168 e. The molecule has 0 spiro atoms. The number of halogens is 1. The van der Waals surface area contributed by atoms with E-state index in [1.54, 1.807) is 0 Å². The first-order valence-electron chi connectivity index (χ1n) is 8.36. The summed E-state index contributed by atoms with van der Waals surface area (Å²) in [5.41, 5.74) is 2.08. The summed E-state index contributed by atoms with van der Waals surface area (Å²) in [6.45, 7) is 10.8. The molecule has 1 atom stereocenters. The average molecular weight is 323 g/mol. The summed E-state index contributed by atoms with van der Waals surface area (Å²) in [6, 6.07) is 6.30. The highest BCUT2D eigenvalue weighted by molar-refractivity contribution is 6.30. The summed E-state index contributed by atoms with van der Waals surface area (Å²) in [4.78, 5) is 0. The summed E-state index contributed by atoms with van der Waals surface area (Å²) in [7, 11) is 0. The molecule has 1 aliphatic carbocycles. The van der Waals surface area contributed by atoms with E-state index in [1.165, 1.54) is 11.1 Å². The van der Waals surface area contributed by atoms with Gasteiger partial charge in [0.2, 0.25) is 0 Å². The molecule has 1 aromatic rings. The van der Waals surface area contributed by atoms with Crippen LogP contribution in [0.3, 0.4) is 0 Å². The van der Waals surface area contributed by atoms with E-state index >= 15 is 0 Å². The van der Waals surface area contributed by atoms with E-state index in [0.29, 0.717) is 0 Å². The predicted octanol–water partition coefficient (Wildman–Crippen LogP) is 5.25. The molecule has 22 heavy (non-hydrogen) atoms. The lowest BCUT2D eigenvalue weighted by Gasteiger charge is -2.42. The van der Waals surface area contributed by atoms with Crippen molar-refractivity contribution in [3.8, 4) is 0 Å². The Morgan fingerprint density at radius 3 is 2.36 bits per heavy atom. The Labute approximate surface area is 139 Å². The molecule has 0 N–H and O–H groups in total. The van der Waals surface area contributed by atoms with Crippen molar-refractivity contribution in [1.29, 1.82) is 0 Å². The van der Waals surface area contributed by atoms with E-state index < -0.39 is 0 Å². The molecule has 1 aromatic carbocycles. The summed E-state index contributed by atoms with van der Waals surface area (Å²) < 4.78 is 12.9. The number of rotatable bonds is 2. The van der Waals surface area contributed by atoms with Crippen LogP contribution < -0.4 is 0 Å². The van der Waals surface area contributed by atoms with Crippen LogP contribution in [0.5, 0.6) is 0 Å². The summed E-state index contributed by atoms with van der Waals surface area (Å²) in [6.07, 6.45) is 4.18. The highest BCUT2D eigenvalue weighted by Gasteiger charge is 2.56. The molecule has 3 rings (SSSR count). The van der Waals surface area contributed by atoms with Gasteiger partial charge in [0, 0.05) is 10.4 Å². The van der Waals surface area contributed by atoms with E-state index in [1.807, 2.05) is 6.07 Å². The molecule has 1 aliphatic heterocycles. The van der Waals surface area contributed by atoms with Crippen LogP contribution in [0.2, 0.25) is 5.02 Å². The highest BCUT2D eigenvalue weighted by atomic mass is 35.5. The molecule has 0 bridgehead atoms. The van der Waals surface area contributed by atoms with Crippen molar-refractivity contribution in [3.63, 3.8) is 0 Å². The van der Waals surface area contributed by atoms with Crippen molar-refractivity contribution in [3.05, 3.63) is 34.3 Å². The van der Waals surface area contributed by atoms with E-state index in [9.17, 15) is 0 Å². The molecular weight excluding hydrogens is 296 g/mol. The minimum atomic E-state index is -0.288. The molecule has 0 radical (unpaired) electrons. The third kappa shape index (κ3) is 2.31. The molecular formula is C19H27ClO2. The zero-order chi connectivity index (χ0) is 16.2. The van der Waals surface area contributed by atoms with Crippen molar-refractivity contribution >= 4 is 11.6 Å². The first-order chi connectivity index (χ1) is 10.2. The van der Waals surface area contributed by atoms with Gasteiger partial charge in [-0.05, 0) is 76.6 Å². The fourth-order valence-electron chi connectivity index (χ4n) is 3.83. The van der Waals surface area contributed by atoms with Gasteiger partial charge >= 0.3 is 0 Å². The molecule has 0 amide bonds. The molecule has 3 heteroatoms. The van der Waals surface area contributed by atoms with E-state index in [4.69, 9.17) is 21.1 Å². The quantitative estimate of drug-likeness (QED) is 0.740. The molecule has 1 heterocycles. The first kappa shape index (κ1) is 16.3. The van der Waals surface area contributed by atoms with Gasteiger partial charge in [-0.25, -0.2) is 0 Å². The Kier molecular flexibility index (Phi) is 3.87. The highest BCUT2D eigenvalue weighted by Crippen LogP contribution is 2.51. The fourth-order valence-corrected chi connectivity index (χ4v) is 4.03. The predicted molar refractivity (Wildman–Crippen MR) is 90.5 cm³/mol. The Hall–Kier alpha value is -0.570. The number of fused-ring (bicyclic) bond motifs is 1.